The van der Waals surface area contributed by atoms with Gasteiger partial charge in [-0.05, 0) is 88.3 Å². The van der Waals surface area contributed by atoms with E-state index in [0.717, 1.165) is 44.2 Å². The molecule has 3 aromatic carbocycles. The molecule has 5 nitrogen and oxygen atoms in total. The van der Waals surface area contributed by atoms with Gasteiger partial charge in [0.05, 0.1) is 34.5 Å². The third kappa shape index (κ3) is 4.38. The standard InChI is InChI=1S/C30H24Br2N2O3S/c1-3-37-28-23(32)14-17(15-24(28)36-2)16-25-29(35)34-27(19-8-11-20(31)12-9-19)22-13-10-18-6-4-5-7-21(18)26(22)33-30(34)38-25/h4-9,11-12,14-16,27H,3,10,13H2,1-2H3/b25-16-/t27-/m0/s1. The molecule has 6 rings (SSSR count). The first-order valence-electron chi connectivity index (χ1n) is 12.4. The Bertz CT molecular complexity index is 1770. The summed E-state index contributed by atoms with van der Waals surface area (Å²) in [7, 11) is 1.61. The maximum absolute atomic E-state index is 14.0. The number of allylic oxidation sites excluding steroid dienone is 1. The van der Waals surface area contributed by atoms with E-state index in [1.165, 1.54) is 22.5 Å². The van der Waals surface area contributed by atoms with Crippen LogP contribution in [0.15, 0.2) is 85.0 Å². The van der Waals surface area contributed by atoms with E-state index in [1.807, 2.05) is 41.8 Å². The summed E-state index contributed by atoms with van der Waals surface area (Å²) in [5.74, 6) is 1.26. The third-order valence-corrected chi connectivity index (χ3v) is 9.00. The van der Waals surface area contributed by atoms with Crippen LogP contribution in [0.5, 0.6) is 11.5 Å². The molecular formula is C30H24Br2N2O3S. The van der Waals surface area contributed by atoms with Gasteiger partial charge < -0.3 is 9.47 Å². The van der Waals surface area contributed by atoms with E-state index in [1.54, 1.807) is 7.11 Å². The lowest BCUT2D eigenvalue weighted by atomic mass is 9.83. The molecule has 1 atom stereocenters. The summed E-state index contributed by atoms with van der Waals surface area (Å²) < 4.78 is 15.6. The SMILES string of the molecule is CCOc1c(Br)cc(/C=c2\sc3n(c2=O)[C@@H](c2ccc(Br)cc2)C2=C(N=3)c3ccccc3CC2)cc1OC. The molecule has 192 valence electrons. The zero-order valence-corrected chi connectivity index (χ0v) is 24.8. The molecule has 0 radical (unpaired) electrons. The van der Waals surface area contributed by atoms with Gasteiger partial charge in [0.15, 0.2) is 16.3 Å². The molecule has 1 aliphatic heterocycles. The van der Waals surface area contributed by atoms with Crippen LogP contribution in [-0.4, -0.2) is 18.3 Å². The first kappa shape index (κ1) is 25.3. The van der Waals surface area contributed by atoms with E-state index >= 15 is 0 Å². The van der Waals surface area contributed by atoms with Crippen molar-refractivity contribution < 1.29 is 9.47 Å². The van der Waals surface area contributed by atoms with Gasteiger partial charge in [-0.1, -0.05) is 63.7 Å². The van der Waals surface area contributed by atoms with E-state index in [0.29, 0.717) is 27.4 Å². The van der Waals surface area contributed by atoms with Crippen molar-refractivity contribution >= 4 is 55.0 Å². The molecule has 1 aliphatic carbocycles. The Labute approximate surface area is 241 Å². The minimum absolute atomic E-state index is 0.0453. The summed E-state index contributed by atoms with van der Waals surface area (Å²) in [6.07, 6.45) is 3.70. The monoisotopic (exact) mass is 650 g/mol. The normalized spacial score (nSPS) is 16.4. The van der Waals surface area contributed by atoms with Crippen LogP contribution in [0.1, 0.15) is 41.6 Å². The summed E-state index contributed by atoms with van der Waals surface area (Å²) in [6, 6.07) is 20.3. The fraction of sp³-hybridized carbons (Fsp3) is 0.200. The van der Waals surface area contributed by atoms with Gasteiger partial charge in [-0.25, -0.2) is 4.99 Å². The number of rotatable bonds is 5. The molecule has 0 fully saturated rings. The minimum Gasteiger partial charge on any atom is -0.493 e. The second-order valence-electron chi connectivity index (χ2n) is 9.13. The highest BCUT2D eigenvalue weighted by Crippen LogP contribution is 2.41. The Kier molecular flexibility index (Phi) is 6.88. The molecule has 2 aliphatic rings. The number of thiazole rings is 1. The second-order valence-corrected chi connectivity index (χ2v) is 11.9. The Hall–Kier alpha value is -2.94. The predicted octanol–water partition coefficient (Wildman–Crippen LogP) is 6.25. The lowest BCUT2D eigenvalue weighted by Gasteiger charge is -2.30. The van der Waals surface area contributed by atoms with Gasteiger partial charge in [-0.15, -0.1) is 0 Å². The van der Waals surface area contributed by atoms with Crippen LogP contribution in [0, 0.1) is 0 Å². The van der Waals surface area contributed by atoms with Gasteiger partial charge in [0.1, 0.15) is 0 Å². The number of fused-ring (bicyclic) bond motifs is 3. The van der Waals surface area contributed by atoms with Crippen molar-refractivity contribution in [2.24, 2.45) is 4.99 Å². The third-order valence-electron chi connectivity index (χ3n) is 6.90. The van der Waals surface area contributed by atoms with Gasteiger partial charge in [0, 0.05) is 10.0 Å². The van der Waals surface area contributed by atoms with Crippen LogP contribution in [-0.2, 0) is 6.42 Å². The van der Waals surface area contributed by atoms with E-state index in [4.69, 9.17) is 14.5 Å². The summed E-state index contributed by atoms with van der Waals surface area (Å²) in [6.45, 7) is 2.46. The fourth-order valence-electron chi connectivity index (χ4n) is 5.23. The largest absolute Gasteiger partial charge is 0.493 e. The van der Waals surface area contributed by atoms with Gasteiger partial charge in [-0.2, -0.15) is 0 Å². The maximum atomic E-state index is 14.0. The summed E-state index contributed by atoms with van der Waals surface area (Å²) in [5.41, 5.74) is 6.53. The molecule has 4 aromatic rings. The number of benzene rings is 3. The van der Waals surface area contributed by atoms with Gasteiger partial charge >= 0.3 is 0 Å². The van der Waals surface area contributed by atoms with Crippen molar-refractivity contribution in [2.75, 3.05) is 13.7 Å². The molecule has 0 spiro atoms. The average Bonchev–Trinajstić information content (AvgIpc) is 3.23. The molecule has 2 heterocycles. The summed E-state index contributed by atoms with van der Waals surface area (Å²) in [5, 5.41) is 0. The van der Waals surface area contributed by atoms with Crippen LogP contribution in [0.25, 0.3) is 11.8 Å². The van der Waals surface area contributed by atoms with E-state index < -0.39 is 0 Å². The maximum Gasteiger partial charge on any atom is 0.271 e. The Balaban J connectivity index is 1.57. The van der Waals surface area contributed by atoms with E-state index in [-0.39, 0.29) is 11.6 Å². The minimum atomic E-state index is -0.202. The van der Waals surface area contributed by atoms with Crippen molar-refractivity contribution in [3.63, 3.8) is 0 Å². The lowest BCUT2D eigenvalue weighted by molar-refractivity contribution is 0.309. The van der Waals surface area contributed by atoms with Crippen LogP contribution in [0.4, 0.5) is 0 Å². The molecule has 1 aromatic heterocycles. The highest BCUT2D eigenvalue weighted by Gasteiger charge is 2.32. The predicted molar refractivity (Wildman–Crippen MR) is 159 cm³/mol. The number of nitrogens with zero attached hydrogens (tertiary/aromatic N) is 2. The topological polar surface area (TPSA) is 52.8 Å². The summed E-state index contributed by atoms with van der Waals surface area (Å²) >= 11 is 8.57. The smallest absolute Gasteiger partial charge is 0.271 e. The van der Waals surface area contributed by atoms with Crippen molar-refractivity contribution in [3.05, 3.63) is 117 Å². The van der Waals surface area contributed by atoms with Gasteiger partial charge in [-0.3, -0.25) is 9.36 Å². The zero-order chi connectivity index (χ0) is 26.4. The van der Waals surface area contributed by atoms with Crippen molar-refractivity contribution in [2.45, 2.75) is 25.8 Å². The average molecular weight is 652 g/mol. The first-order valence-corrected chi connectivity index (χ1v) is 14.8. The second kappa shape index (κ2) is 10.3. The molecule has 0 N–H and O–H groups in total. The highest BCUT2D eigenvalue weighted by molar-refractivity contribution is 9.10. The molecule has 0 amide bonds. The van der Waals surface area contributed by atoms with E-state index in [9.17, 15) is 4.79 Å². The first-order chi connectivity index (χ1) is 18.5. The molecular weight excluding hydrogens is 628 g/mol. The van der Waals surface area contributed by atoms with Gasteiger partial charge in [0.2, 0.25) is 0 Å². The highest BCUT2D eigenvalue weighted by atomic mass is 79.9. The number of aryl methyl sites for hydroxylation is 1. The molecule has 0 bridgehead atoms. The van der Waals surface area contributed by atoms with Crippen LogP contribution < -0.4 is 24.4 Å². The van der Waals surface area contributed by atoms with Crippen LogP contribution in [0.2, 0.25) is 0 Å². The van der Waals surface area contributed by atoms with Crippen molar-refractivity contribution in [3.8, 4) is 11.5 Å². The number of hydrogen-bond acceptors (Lipinski definition) is 5. The van der Waals surface area contributed by atoms with Crippen LogP contribution in [0.3, 0.4) is 0 Å². The van der Waals surface area contributed by atoms with E-state index in [2.05, 4.69) is 68.3 Å². The molecule has 8 heteroatoms. The fourth-order valence-corrected chi connectivity index (χ4v) is 7.07. The number of ether oxygens (including phenoxy) is 2. The number of methoxy groups -OCH3 is 1. The summed E-state index contributed by atoms with van der Waals surface area (Å²) in [4.78, 5) is 19.8. The molecule has 0 saturated carbocycles. The Morgan fingerprint density at radius 3 is 2.66 bits per heavy atom. The van der Waals surface area contributed by atoms with Gasteiger partial charge in [0.25, 0.3) is 5.56 Å². The number of hydrogen-bond donors (Lipinski definition) is 0. The number of aromatic nitrogens is 1. The Morgan fingerprint density at radius 2 is 1.89 bits per heavy atom. The quantitative estimate of drug-likeness (QED) is 0.256. The number of halogens is 2. The zero-order valence-electron chi connectivity index (χ0n) is 20.8. The molecule has 0 saturated heterocycles. The Morgan fingerprint density at radius 1 is 1.11 bits per heavy atom. The molecule has 0 unspecified atom stereocenters. The van der Waals surface area contributed by atoms with Crippen LogP contribution >= 0.6 is 43.2 Å². The van der Waals surface area contributed by atoms with Crippen molar-refractivity contribution in [1.82, 2.24) is 4.57 Å². The molecule has 38 heavy (non-hydrogen) atoms. The lowest BCUT2D eigenvalue weighted by Crippen LogP contribution is -2.38. The van der Waals surface area contributed by atoms with Crippen molar-refractivity contribution in [1.29, 1.82) is 0 Å².